The Morgan fingerprint density at radius 3 is 2.74 bits per heavy atom. The summed E-state index contributed by atoms with van der Waals surface area (Å²) in [6.07, 6.45) is 1.97. The zero-order valence-electron chi connectivity index (χ0n) is 13.2. The van der Waals surface area contributed by atoms with Gasteiger partial charge in [0.25, 0.3) is 0 Å². The van der Waals surface area contributed by atoms with Crippen LogP contribution in [-0.4, -0.2) is 45.0 Å². The van der Waals surface area contributed by atoms with Crippen LogP contribution in [0.4, 0.5) is 4.39 Å². The SMILES string of the molecule is CC(=O)c1cn(CC(=O)N2CCC(C)(F)C2)c2ccc(O)cc12. The lowest BCUT2D eigenvalue weighted by atomic mass is 10.1. The molecule has 1 fully saturated rings. The Morgan fingerprint density at radius 1 is 1.39 bits per heavy atom. The number of nitrogens with zero attached hydrogens (tertiary/aromatic N) is 2. The highest BCUT2D eigenvalue weighted by molar-refractivity contribution is 6.07. The van der Waals surface area contributed by atoms with E-state index >= 15 is 0 Å². The number of hydrogen-bond donors (Lipinski definition) is 1. The molecule has 0 aliphatic carbocycles. The third-order valence-electron chi connectivity index (χ3n) is 4.33. The van der Waals surface area contributed by atoms with E-state index < -0.39 is 5.67 Å². The monoisotopic (exact) mass is 318 g/mol. The smallest absolute Gasteiger partial charge is 0.242 e. The number of likely N-dealkylation sites (tertiary alicyclic amines) is 1. The Hall–Kier alpha value is -2.37. The molecule has 1 N–H and O–H groups in total. The maximum Gasteiger partial charge on any atom is 0.242 e. The van der Waals surface area contributed by atoms with Crippen LogP contribution in [0.15, 0.2) is 24.4 Å². The van der Waals surface area contributed by atoms with Gasteiger partial charge < -0.3 is 14.6 Å². The van der Waals surface area contributed by atoms with Crippen molar-refractivity contribution in [3.8, 4) is 5.75 Å². The molecule has 1 unspecified atom stereocenters. The van der Waals surface area contributed by atoms with Gasteiger partial charge in [0.2, 0.25) is 5.91 Å². The summed E-state index contributed by atoms with van der Waals surface area (Å²) in [5, 5.41) is 10.2. The van der Waals surface area contributed by atoms with Gasteiger partial charge in [-0.15, -0.1) is 0 Å². The Bertz CT molecular complexity index is 794. The molecule has 0 saturated carbocycles. The molecule has 0 radical (unpaired) electrons. The number of ketones is 1. The summed E-state index contributed by atoms with van der Waals surface area (Å²) in [5.41, 5.74) is -0.172. The fraction of sp³-hybridized carbons (Fsp3) is 0.412. The van der Waals surface area contributed by atoms with E-state index in [0.717, 1.165) is 0 Å². The molecule has 1 aliphatic heterocycles. The third kappa shape index (κ3) is 2.93. The molecule has 1 atom stereocenters. The van der Waals surface area contributed by atoms with Gasteiger partial charge in [0.05, 0.1) is 6.54 Å². The van der Waals surface area contributed by atoms with Crippen molar-refractivity contribution in [2.45, 2.75) is 32.5 Å². The number of aromatic nitrogens is 1. The van der Waals surface area contributed by atoms with Crippen molar-refractivity contribution in [2.75, 3.05) is 13.1 Å². The zero-order valence-corrected chi connectivity index (χ0v) is 13.2. The fourth-order valence-corrected chi connectivity index (χ4v) is 3.08. The maximum absolute atomic E-state index is 13.9. The van der Waals surface area contributed by atoms with E-state index in [1.54, 1.807) is 16.8 Å². The first-order valence-corrected chi connectivity index (χ1v) is 7.56. The summed E-state index contributed by atoms with van der Waals surface area (Å²) < 4.78 is 15.6. The average molecular weight is 318 g/mol. The van der Waals surface area contributed by atoms with Crippen LogP contribution >= 0.6 is 0 Å². The first kappa shape index (κ1) is 15.5. The molecule has 2 heterocycles. The van der Waals surface area contributed by atoms with Crippen molar-refractivity contribution in [1.82, 2.24) is 9.47 Å². The van der Waals surface area contributed by atoms with Crippen molar-refractivity contribution in [3.05, 3.63) is 30.0 Å². The minimum Gasteiger partial charge on any atom is -0.508 e. The van der Waals surface area contributed by atoms with Gasteiger partial charge in [-0.1, -0.05) is 0 Å². The molecule has 1 saturated heterocycles. The van der Waals surface area contributed by atoms with Crippen LogP contribution in [0.25, 0.3) is 10.9 Å². The van der Waals surface area contributed by atoms with Crippen molar-refractivity contribution in [2.24, 2.45) is 0 Å². The molecule has 0 spiro atoms. The lowest BCUT2D eigenvalue weighted by Gasteiger charge is -2.18. The van der Waals surface area contributed by atoms with E-state index in [2.05, 4.69) is 0 Å². The summed E-state index contributed by atoms with van der Waals surface area (Å²) in [7, 11) is 0. The van der Waals surface area contributed by atoms with Gasteiger partial charge in [0.1, 0.15) is 18.0 Å². The number of rotatable bonds is 3. The topological polar surface area (TPSA) is 62.5 Å². The zero-order chi connectivity index (χ0) is 16.8. The number of fused-ring (bicyclic) bond motifs is 1. The molecule has 1 aromatic carbocycles. The number of phenols is 1. The predicted octanol–water partition coefficient (Wildman–Crippen LogP) is 2.51. The van der Waals surface area contributed by atoms with Gasteiger partial charge in [-0.05, 0) is 32.0 Å². The second-order valence-electron chi connectivity index (χ2n) is 6.41. The molecule has 1 aromatic heterocycles. The van der Waals surface area contributed by atoms with E-state index in [1.165, 1.54) is 30.9 Å². The van der Waals surface area contributed by atoms with Crippen molar-refractivity contribution in [1.29, 1.82) is 0 Å². The van der Waals surface area contributed by atoms with Crippen molar-refractivity contribution >= 4 is 22.6 Å². The predicted molar refractivity (Wildman–Crippen MR) is 84.3 cm³/mol. The quantitative estimate of drug-likeness (QED) is 0.885. The number of carbonyl (C=O) groups excluding carboxylic acids is 2. The average Bonchev–Trinajstić information content (AvgIpc) is 2.99. The first-order valence-electron chi connectivity index (χ1n) is 7.56. The number of Topliss-reactive ketones (excluding diaryl/α,β-unsaturated/α-hetero) is 1. The number of hydrogen-bond acceptors (Lipinski definition) is 3. The minimum absolute atomic E-state index is 0.0463. The highest BCUT2D eigenvalue weighted by atomic mass is 19.1. The van der Waals surface area contributed by atoms with Gasteiger partial charge in [0, 0.05) is 35.6 Å². The van der Waals surface area contributed by atoms with Gasteiger partial charge in [-0.3, -0.25) is 9.59 Å². The molecule has 5 nitrogen and oxygen atoms in total. The molecule has 2 aromatic rings. The molecular weight excluding hydrogens is 299 g/mol. The van der Waals surface area contributed by atoms with Crippen LogP contribution in [0.5, 0.6) is 5.75 Å². The number of benzene rings is 1. The summed E-state index contributed by atoms with van der Waals surface area (Å²) in [6.45, 7) is 3.50. The number of amides is 1. The van der Waals surface area contributed by atoms with Crippen LogP contribution < -0.4 is 0 Å². The Labute approximate surface area is 133 Å². The highest BCUT2D eigenvalue weighted by Gasteiger charge is 2.35. The maximum atomic E-state index is 13.9. The summed E-state index contributed by atoms with van der Waals surface area (Å²) in [5.74, 6) is -0.243. The molecule has 0 bridgehead atoms. The Balaban J connectivity index is 1.91. The van der Waals surface area contributed by atoms with Gasteiger partial charge in [0.15, 0.2) is 5.78 Å². The molecule has 3 rings (SSSR count). The number of alkyl halides is 1. The molecule has 122 valence electrons. The first-order chi connectivity index (χ1) is 10.8. The number of aromatic hydroxyl groups is 1. The second kappa shape index (κ2) is 5.37. The van der Waals surface area contributed by atoms with Gasteiger partial charge in [-0.25, -0.2) is 4.39 Å². The van der Waals surface area contributed by atoms with Crippen molar-refractivity contribution in [3.63, 3.8) is 0 Å². The Morgan fingerprint density at radius 2 is 2.13 bits per heavy atom. The number of phenolic OH excluding ortho intramolecular Hbond substituents is 1. The molecule has 1 amide bonds. The molecule has 1 aliphatic rings. The standard InChI is InChI=1S/C17H19FN2O3/c1-11(21)14-8-20(15-4-3-12(22)7-13(14)15)9-16(23)19-6-5-17(2,18)10-19/h3-4,7-8,22H,5-6,9-10H2,1-2H3. The number of carbonyl (C=O) groups is 2. The van der Waals surface area contributed by atoms with Crippen LogP contribution in [0.1, 0.15) is 30.6 Å². The normalized spacial score (nSPS) is 21.1. The van der Waals surface area contributed by atoms with E-state index in [1.807, 2.05) is 0 Å². The van der Waals surface area contributed by atoms with Crippen molar-refractivity contribution < 1.29 is 19.1 Å². The lowest BCUT2D eigenvalue weighted by molar-refractivity contribution is -0.131. The summed E-state index contributed by atoms with van der Waals surface area (Å²) >= 11 is 0. The second-order valence-corrected chi connectivity index (χ2v) is 6.41. The van der Waals surface area contributed by atoms with Gasteiger partial charge in [-0.2, -0.15) is 0 Å². The van der Waals surface area contributed by atoms with E-state index in [9.17, 15) is 19.1 Å². The van der Waals surface area contributed by atoms with Crippen LogP contribution in [0, 0.1) is 0 Å². The molecular formula is C17H19FN2O3. The van der Waals surface area contributed by atoms with Crippen LogP contribution in [0.3, 0.4) is 0 Å². The van der Waals surface area contributed by atoms with Crippen LogP contribution in [-0.2, 0) is 11.3 Å². The largest absolute Gasteiger partial charge is 0.508 e. The van der Waals surface area contributed by atoms with E-state index in [4.69, 9.17) is 0 Å². The van der Waals surface area contributed by atoms with E-state index in [-0.39, 0.29) is 30.5 Å². The third-order valence-corrected chi connectivity index (χ3v) is 4.33. The fourth-order valence-electron chi connectivity index (χ4n) is 3.08. The molecule has 6 heteroatoms. The number of halogens is 1. The summed E-state index contributed by atoms with van der Waals surface area (Å²) in [4.78, 5) is 25.7. The molecule has 23 heavy (non-hydrogen) atoms. The lowest BCUT2D eigenvalue weighted by Crippen LogP contribution is -2.34. The van der Waals surface area contributed by atoms with E-state index in [0.29, 0.717) is 29.4 Å². The van der Waals surface area contributed by atoms with Gasteiger partial charge >= 0.3 is 0 Å². The summed E-state index contributed by atoms with van der Waals surface area (Å²) in [6, 6.07) is 4.71. The Kier molecular flexibility index (Phi) is 3.62. The van der Waals surface area contributed by atoms with Crippen LogP contribution in [0.2, 0.25) is 0 Å². The highest BCUT2D eigenvalue weighted by Crippen LogP contribution is 2.28. The minimum atomic E-state index is -1.33.